The molecule has 2 aromatic rings. The van der Waals surface area contributed by atoms with E-state index in [0.717, 1.165) is 16.7 Å². The Balaban J connectivity index is 1.97. The van der Waals surface area contributed by atoms with Crippen LogP contribution in [0, 0.1) is 0 Å². The molecule has 2 heterocycles. The number of aromatic nitrogens is 1. The summed E-state index contributed by atoms with van der Waals surface area (Å²) in [7, 11) is 5.27. The zero-order chi connectivity index (χ0) is 22.4. The molecule has 0 aliphatic carbocycles. The summed E-state index contributed by atoms with van der Waals surface area (Å²) in [6.45, 7) is 2.24. The van der Waals surface area contributed by atoms with E-state index < -0.39 is 5.91 Å². The lowest BCUT2D eigenvalue weighted by Gasteiger charge is -2.31. The molecule has 0 fully saturated rings. The molecule has 8 nitrogen and oxygen atoms in total. The smallest absolute Gasteiger partial charge is 0.264 e. The average Bonchev–Trinajstić information content (AvgIpc) is 2.74. The van der Waals surface area contributed by atoms with Crippen LogP contribution in [0.15, 0.2) is 41.3 Å². The van der Waals surface area contributed by atoms with Gasteiger partial charge in [0.25, 0.3) is 11.5 Å². The number of hydrogen-bond donors (Lipinski definition) is 1. The minimum atomic E-state index is -0.395. The second-order valence-corrected chi connectivity index (χ2v) is 7.98. The van der Waals surface area contributed by atoms with E-state index >= 15 is 0 Å². The highest BCUT2D eigenvalue weighted by Crippen LogP contribution is 2.21. The predicted octanol–water partition coefficient (Wildman–Crippen LogP) is 0.719. The summed E-state index contributed by atoms with van der Waals surface area (Å²) in [6, 6.07) is 9.63. The van der Waals surface area contributed by atoms with Crippen molar-refractivity contribution >= 4 is 11.8 Å². The van der Waals surface area contributed by atoms with E-state index in [4.69, 9.17) is 4.74 Å². The molecule has 8 heteroatoms. The summed E-state index contributed by atoms with van der Waals surface area (Å²) in [6.07, 6.45) is 2.27. The first kappa shape index (κ1) is 22.7. The first-order chi connectivity index (χ1) is 14.9. The van der Waals surface area contributed by atoms with Crippen LogP contribution >= 0.6 is 0 Å². The molecule has 0 radical (unpaired) electrons. The number of nitrogens with one attached hydrogen (secondary N) is 1. The molecule has 31 heavy (non-hydrogen) atoms. The number of likely N-dealkylation sites (N-methyl/N-ethyl adjacent to an activating group) is 1. The van der Waals surface area contributed by atoms with Crippen LogP contribution in [0.25, 0.3) is 0 Å². The normalized spacial score (nSPS) is 13.2. The van der Waals surface area contributed by atoms with E-state index in [1.807, 2.05) is 49.3 Å². The van der Waals surface area contributed by atoms with Crippen LogP contribution in [0.3, 0.4) is 0 Å². The van der Waals surface area contributed by atoms with Gasteiger partial charge in [-0.15, -0.1) is 0 Å². The Hall–Kier alpha value is -2.97. The molecule has 0 atom stereocenters. The van der Waals surface area contributed by atoms with Gasteiger partial charge in [-0.05, 0) is 37.2 Å². The molecule has 0 unspecified atom stereocenters. The summed E-state index contributed by atoms with van der Waals surface area (Å²) in [5.74, 6) is -0.365. The maximum Gasteiger partial charge on any atom is 0.264 e. The van der Waals surface area contributed by atoms with Crippen molar-refractivity contribution in [2.45, 2.75) is 19.5 Å². The van der Waals surface area contributed by atoms with E-state index in [-0.39, 0.29) is 17.0 Å². The third-order valence-corrected chi connectivity index (χ3v) is 5.29. The SMILES string of the molecule is COCCNC(=O)c1c2c(cn(Cc3ccccc3)c1=O)CN(C(=O)CN(C)C)CC2. The van der Waals surface area contributed by atoms with Gasteiger partial charge in [-0.3, -0.25) is 14.4 Å². The van der Waals surface area contributed by atoms with Crippen LogP contribution in [0.1, 0.15) is 27.0 Å². The van der Waals surface area contributed by atoms with Crippen LogP contribution in [0.4, 0.5) is 0 Å². The second kappa shape index (κ2) is 10.4. The second-order valence-electron chi connectivity index (χ2n) is 7.98. The van der Waals surface area contributed by atoms with Crippen LogP contribution in [-0.4, -0.2) is 73.6 Å². The fourth-order valence-electron chi connectivity index (χ4n) is 3.78. The van der Waals surface area contributed by atoms with Crippen LogP contribution in [-0.2, 0) is 29.0 Å². The van der Waals surface area contributed by atoms with Gasteiger partial charge in [0.05, 0.1) is 19.7 Å². The van der Waals surface area contributed by atoms with E-state index in [1.165, 1.54) is 0 Å². The molecule has 0 saturated carbocycles. The first-order valence-corrected chi connectivity index (χ1v) is 10.4. The van der Waals surface area contributed by atoms with Crippen molar-refractivity contribution in [3.8, 4) is 0 Å². The number of ether oxygens (including phenoxy) is 1. The maximum absolute atomic E-state index is 13.3. The lowest BCUT2D eigenvalue weighted by molar-refractivity contribution is -0.132. The number of hydrogen-bond acceptors (Lipinski definition) is 5. The summed E-state index contributed by atoms with van der Waals surface area (Å²) >= 11 is 0. The highest BCUT2D eigenvalue weighted by molar-refractivity contribution is 5.95. The van der Waals surface area contributed by atoms with Crippen molar-refractivity contribution < 1.29 is 14.3 Å². The van der Waals surface area contributed by atoms with Gasteiger partial charge in [-0.1, -0.05) is 30.3 Å². The van der Waals surface area contributed by atoms with Gasteiger partial charge in [0.1, 0.15) is 5.56 Å². The summed E-state index contributed by atoms with van der Waals surface area (Å²) in [4.78, 5) is 42.4. The molecule has 166 valence electrons. The summed E-state index contributed by atoms with van der Waals surface area (Å²) in [5, 5.41) is 2.78. The molecular weight excluding hydrogens is 396 g/mol. The molecule has 1 aromatic heterocycles. The summed E-state index contributed by atoms with van der Waals surface area (Å²) < 4.78 is 6.57. The van der Waals surface area contributed by atoms with Gasteiger partial charge in [-0.25, -0.2) is 0 Å². The molecule has 0 bridgehead atoms. The van der Waals surface area contributed by atoms with E-state index in [1.54, 1.807) is 22.8 Å². The molecule has 1 N–H and O–H groups in total. The molecule has 0 saturated heterocycles. The Morgan fingerprint density at radius 3 is 2.61 bits per heavy atom. The molecule has 1 aliphatic heterocycles. The van der Waals surface area contributed by atoms with Crippen molar-refractivity contribution in [2.24, 2.45) is 0 Å². The van der Waals surface area contributed by atoms with Gasteiger partial charge in [-0.2, -0.15) is 0 Å². The van der Waals surface area contributed by atoms with Gasteiger partial charge in [0, 0.05) is 32.9 Å². The standard InChI is InChI=1S/C23H30N4O4/c1-25(2)16-20(28)26-11-9-19-18(14-26)15-27(13-17-7-5-4-6-8-17)23(30)21(19)22(29)24-10-12-31-3/h4-8,15H,9-14,16H2,1-3H3,(H,24,29). The number of benzene rings is 1. The van der Waals surface area contributed by atoms with Crippen molar-refractivity contribution in [2.75, 3.05) is 47.4 Å². The molecule has 3 rings (SSSR count). The number of pyridine rings is 1. The Morgan fingerprint density at radius 2 is 1.94 bits per heavy atom. The highest BCUT2D eigenvalue weighted by atomic mass is 16.5. The first-order valence-electron chi connectivity index (χ1n) is 10.4. The van der Waals surface area contributed by atoms with Crippen LogP contribution < -0.4 is 10.9 Å². The number of nitrogens with zero attached hydrogens (tertiary/aromatic N) is 3. The van der Waals surface area contributed by atoms with Gasteiger partial charge in [0.2, 0.25) is 5.91 Å². The highest BCUT2D eigenvalue weighted by Gasteiger charge is 2.28. The van der Waals surface area contributed by atoms with Crippen LogP contribution in [0.5, 0.6) is 0 Å². The number of carbonyl (C=O) groups excluding carboxylic acids is 2. The Bertz CT molecular complexity index is 985. The van der Waals surface area contributed by atoms with Crippen molar-refractivity contribution in [3.63, 3.8) is 0 Å². The largest absolute Gasteiger partial charge is 0.383 e. The fourth-order valence-corrected chi connectivity index (χ4v) is 3.78. The lowest BCUT2D eigenvalue weighted by Crippen LogP contribution is -2.44. The predicted molar refractivity (Wildman–Crippen MR) is 118 cm³/mol. The maximum atomic E-state index is 13.3. The molecule has 2 amide bonds. The van der Waals surface area contributed by atoms with Gasteiger partial charge in [0.15, 0.2) is 0 Å². The minimum Gasteiger partial charge on any atom is -0.383 e. The third-order valence-electron chi connectivity index (χ3n) is 5.29. The number of rotatable bonds is 8. The fraction of sp³-hybridized carbons (Fsp3) is 0.435. The Labute approximate surface area is 182 Å². The van der Waals surface area contributed by atoms with Crippen LogP contribution in [0.2, 0.25) is 0 Å². The zero-order valence-corrected chi connectivity index (χ0v) is 18.4. The van der Waals surface area contributed by atoms with E-state index in [2.05, 4.69) is 5.32 Å². The molecule has 1 aromatic carbocycles. The van der Waals surface area contributed by atoms with Gasteiger partial charge < -0.3 is 24.4 Å². The van der Waals surface area contributed by atoms with Crippen molar-refractivity contribution in [1.29, 1.82) is 0 Å². The quantitative estimate of drug-likeness (QED) is 0.629. The topological polar surface area (TPSA) is 83.9 Å². The monoisotopic (exact) mass is 426 g/mol. The van der Waals surface area contributed by atoms with Gasteiger partial charge >= 0.3 is 0 Å². The Morgan fingerprint density at radius 1 is 1.19 bits per heavy atom. The van der Waals surface area contributed by atoms with E-state index in [9.17, 15) is 14.4 Å². The number of fused-ring (bicyclic) bond motifs is 1. The Kier molecular flexibility index (Phi) is 7.59. The number of carbonyl (C=O) groups is 2. The van der Waals surface area contributed by atoms with Crippen molar-refractivity contribution in [1.82, 2.24) is 19.7 Å². The number of methoxy groups -OCH3 is 1. The van der Waals surface area contributed by atoms with Crippen molar-refractivity contribution in [3.05, 3.63) is 69.1 Å². The molecule has 0 spiro atoms. The molecule has 1 aliphatic rings. The summed E-state index contributed by atoms with van der Waals surface area (Å²) in [5.41, 5.74) is 2.39. The third kappa shape index (κ3) is 5.59. The lowest BCUT2D eigenvalue weighted by atomic mass is 9.95. The average molecular weight is 427 g/mol. The number of amides is 2. The van der Waals surface area contributed by atoms with E-state index in [0.29, 0.717) is 45.8 Å². The zero-order valence-electron chi connectivity index (χ0n) is 18.4. The minimum absolute atomic E-state index is 0.0301. The molecular formula is C23H30N4O4.